The molecule has 0 aliphatic heterocycles. The number of carbonyl (C=O) groups excluding carboxylic acids is 1. The lowest BCUT2D eigenvalue weighted by Crippen LogP contribution is -2.31. The molecule has 0 saturated heterocycles. The Bertz CT molecular complexity index is 736. The van der Waals surface area contributed by atoms with Gasteiger partial charge in [-0.05, 0) is 30.3 Å². The number of halogens is 1. The molecule has 0 saturated carbocycles. The molecular weight excluding hydrogens is 332 g/mol. The Kier molecular flexibility index (Phi) is 5.22. The number of hydrogen-bond donors (Lipinski definition) is 1. The minimum atomic E-state index is -3.90. The van der Waals surface area contributed by atoms with Gasteiger partial charge in [0, 0.05) is 22.3 Å². The summed E-state index contributed by atoms with van der Waals surface area (Å²) in [5.41, 5.74) is 0. The van der Waals surface area contributed by atoms with Crippen molar-refractivity contribution in [3.05, 3.63) is 53.8 Å². The minimum absolute atomic E-state index is 0.0101. The van der Waals surface area contributed by atoms with Crippen LogP contribution < -0.4 is 4.72 Å². The maximum atomic E-state index is 12.0. The third-order valence-corrected chi connectivity index (χ3v) is 4.99. The van der Waals surface area contributed by atoms with Crippen LogP contribution in [0.15, 0.2) is 58.6 Å². The number of sulfonamides is 1. The highest BCUT2D eigenvalue weighted by Gasteiger charge is 2.17. The van der Waals surface area contributed by atoms with Gasteiger partial charge >= 0.3 is 0 Å². The van der Waals surface area contributed by atoms with Gasteiger partial charge in [0.15, 0.2) is 0 Å². The average Bonchev–Trinajstić information content (AvgIpc) is 2.46. The lowest BCUT2D eigenvalue weighted by molar-refractivity contribution is -0.116. The second kappa shape index (κ2) is 6.93. The topological polar surface area (TPSA) is 76.1 Å². The van der Waals surface area contributed by atoms with Crippen LogP contribution in [-0.4, -0.2) is 25.1 Å². The van der Waals surface area contributed by atoms with Crippen LogP contribution in [0.2, 0.25) is 5.02 Å². The minimum Gasteiger partial charge on any atom is -0.273 e. The molecule has 5 nitrogen and oxygen atoms in total. The van der Waals surface area contributed by atoms with Crippen molar-refractivity contribution in [2.75, 3.05) is 5.75 Å². The van der Waals surface area contributed by atoms with Crippen LogP contribution in [0.4, 0.5) is 0 Å². The molecule has 1 aromatic heterocycles. The first kappa shape index (κ1) is 15.8. The predicted octanol–water partition coefficient (Wildman–Crippen LogP) is 2.33. The van der Waals surface area contributed by atoms with Crippen LogP contribution >= 0.6 is 23.4 Å². The molecule has 0 radical (unpaired) electrons. The molecule has 0 aliphatic carbocycles. The Morgan fingerprint density at radius 2 is 1.95 bits per heavy atom. The first-order chi connectivity index (χ1) is 9.97. The van der Waals surface area contributed by atoms with E-state index in [9.17, 15) is 13.2 Å². The smallest absolute Gasteiger partial charge is 0.264 e. The largest absolute Gasteiger partial charge is 0.273 e. The lowest BCUT2D eigenvalue weighted by atomic mass is 10.4. The number of carbonyl (C=O) groups is 1. The molecule has 1 heterocycles. The summed E-state index contributed by atoms with van der Waals surface area (Å²) < 4.78 is 26.0. The summed E-state index contributed by atoms with van der Waals surface area (Å²) in [5, 5.41) is 0.288. The zero-order valence-corrected chi connectivity index (χ0v) is 13.1. The number of hydrogen-bond acceptors (Lipinski definition) is 5. The number of nitrogens with one attached hydrogen (secondary N) is 1. The normalized spacial score (nSPS) is 11.1. The van der Waals surface area contributed by atoms with Gasteiger partial charge in [-0.15, -0.1) is 11.8 Å². The molecule has 2 aromatic rings. The zero-order valence-electron chi connectivity index (χ0n) is 10.7. The Hall–Kier alpha value is -1.57. The monoisotopic (exact) mass is 342 g/mol. The lowest BCUT2D eigenvalue weighted by Gasteiger charge is -2.07. The summed E-state index contributed by atoms with van der Waals surface area (Å²) in [7, 11) is -3.90. The fourth-order valence-electron chi connectivity index (χ4n) is 1.46. The van der Waals surface area contributed by atoms with Crippen LogP contribution in [0.25, 0.3) is 0 Å². The molecule has 0 spiro atoms. The van der Waals surface area contributed by atoms with Gasteiger partial charge in [-0.2, -0.15) is 0 Å². The Morgan fingerprint density at radius 1 is 1.24 bits per heavy atom. The molecule has 2 rings (SSSR count). The molecule has 1 amide bonds. The highest BCUT2D eigenvalue weighted by atomic mass is 35.5. The van der Waals surface area contributed by atoms with Crippen LogP contribution in [0, 0.1) is 0 Å². The number of pyridine rings is 1. The van der Waals surface area contributed by atoms with E-state index in [2.05, 4.69) is 4.98 Å². The summed E-state index contributed by atoms with van der Waals surface area (Å²) in [6, 6.07) is 9.20. The highest BCUT2D eigenvalue weighted by Crippen LogP contribution is 2.17. The Labute approximate surface area is 131 Å². The van der Waals surface area contributed by atoms with E-state index in [0.29, 0.717) is 0 Å². The maximum absolute atomic E-state index is 12.0. The fraction of sp³-hybridized carbons (Fsp3) is 0.0769. The molecule has 0 atom stereocenters. The summed E-state index contributed by atoms with van der Waals surface area (Å²) in [5.74, 6) is -0.610. The van der Waals surface area contributed by atoms with E-state index in [1.165, 1.54) is 30.0 Å². The van der Waals surface area contributed by atoms with Crippen LogP contribution in [0.3, 0.4) is 0 Å². The van der Waals surface area contributed by atoms with Crippen molar-refractivity contribution in [1.29, 1.82) is 0 Å². The Balaban J connectivity index is 1.99. The zero-order chi connectivity index (χ0) is 15.3. The molecule has 0 bridgehead atoms. The second-order valence-corrected chi connectivity index (χ2v) is 7.13. The molecule has 1 N–H and O–H groups in total. The summed E-state index contributed by atoms with van der Waals surface area (Å²) >= 11 is 6.97. The third kappa shape index (κ3) is 4.73. The van der Waals surface area contributed by atoms with Crippen molar-refractivity contribution in [2.24, 2.45) is 0 Å². The van der Waals surface area contributed by atoms with E-state index < -0.39 is 15.9 Å². The molecular formula is C13H11ClN2O3S2. The van der Waals surface area contributed by atoms with Gasteiger partial charge in [0.25, 0.3) is 10.0 Å². The Morgan fingerprint density at radius 3 is 2.62 bits per heavy atom. The third-order valence-electron chi connectivity index (χ3n) is 2.37. The van der Waals surface area contributed by atoms with E-state index in [4.69, 9.17) is 11.6 Å². The number of aromatic nitrogens is 1. The van der Waals surface area contributed by atoms with Crippen molar-refractivity contribution in [3.63, 3.8) is 0 Å². The highest BCUT2D eigenvalue weighted by molar-refractivity contribution is 8.00. The van der Waals surface area contributed by atoms with E-state index in [1.807, 2.05) is 4.72 Å². The number of benzene rings is 1. The molecule has 21 heavy (non-hydrogen) atoms. The quantitative estimate of drug-likeness (QED) is 0.844. The van der Waals surface area contributed by atoms with Gasteiger partial charge in [0.1, 0.15) is 0 Å². The van der Waals surface area contributed by atoms with Gasteiger partial charge in [0.05, 0.1) is 10.6 Å². The summed E-state index contributed by atoms with van der Waals surface area (Å²) in [4.78, 5) is 16.4. The van der Waals surface area contributed by atoms with Crippen molar-refractivity contribution in [1.82, 2.24) is 9.71 Å². The van der Waals surface area contributed by atoms with Gasteiger partial charge in [0.2, 0.25) is 5.91 Å². The van der Waals surface area contributed by atoms with Crippen molar-refractivity contribution < 1.29 is 13.2 Å². The number of rotatable bonds is 5. The standard InChI is InChI=1S/C13H11ClN2O3S2/c14-10-2-1-3-12(8-10)21(18,19)16-13(17)9-20-11-4-6-15-7-5-11/h1-8H,9H2,(H,16,17). The van der Waals surface area contributed by atoms with Gasteiger partial charge in [-0.25, -0.2) is 13.1 Å². The predicted molar refractivity (Wildman–Crippen MR) is 81.7 cm³/mol. The van der Waals surface area contributed by atoms with E-state index >= 15 is 0 Å². The number of amides is 1. The second-order valence-electron chi connectivity index (χ2n) is 3.96. The summed E-state index contributed by atoms with van der Waals surface area (Å²) in [6.07, 6.45) is 3.20. The molecule has 0 unspecified atom stereocenters. The van der Waals surface area contributed by atoms with E-state index in [1.54, 1.807) is 30.6 Å². The number of thioether (sulfide) groups is 1. The van der Waals surface area contributed by atoms with Crippen LogP contribution in [0.5, 0.6) is 0 Å². The van der Waals surface area contributed by atoms with Gasteiger partial charge in [-0.3, -0.25) is 9.78 Å². The number of nitrogens with zero attached hydrogens (tertiary/aromatic N) is 1. The molecule has 0 aliphatic rings. The first-order valence-corrected chi connectivity index (χ1v) is 8.66. The van der Waals surface area contributed by atoms with Crippen molar-refractivity contribution >= 4 is 39.3 Å². The fourth-order valence-corrected chi connectivity index (χ4v) is 3.52. The van der Waals surface area contributed by atoms with E-state index in [0.717, 1.165) is 4.90 Å². The molecule has 1 aromatic carbocycles. The molecule has 8 heteroatoms. The van der Waals surface area contributed by atoms with Crippen LogP contribution in [0.1, 0.15) is 0 Å². The van der Waals surface area contributed by atoms with Crippen molar-refractivity contribution in [2.45, 2.75) is 9.79 Å². The van der Waals surface area contributed by atoms with Crippen LogP contribution in [-0.2, 0) is 14.8 Å². The molecule has 0 fully saturated rings. The SMILES string of the molecule is O=C(CSc1ccncc1)NS(=O)(=O)c1cccc(Cl)c1. The average molecular weight is 343 g/mol. The van der Waals surface area contributed by atoms with Crippen molar-refractivity contribution in [3.8, 4) is 0 Å². The first-order valence-electron chi connectivity index (χ1n) is 5.81. The van der Waals surface area contributed by atoms with Gasteiger partial charge < -0.3 is 0 Å². The van der Waals surface area contributed by atoms with Gasteiger partial charge in [-0.1, -0.05) is 17.7 Å². The van der Waals surface area contributed by atoms with E-state index in [-0.39, 0.29) is 15.7 Å². The summed E-state index contributed by atoms with van der Waals surface area (Å²) in [6.45, 7) is 0. The maximum Gasteiger partial charge on any atom is 0.264 e. The molecule has 110 valence electrons.